The van der Waals surface area contributed by atoms with E-state index in [4.69, 9.17) is 15.0 Å². The molecule has 8 aromatic carbocycles. The van der Waals surface area contributed by atoms with Gasteiger partial charge in [0, 0.05) is 73.6 Å². The molecule has 0 radical (unpaired) electrons. The largest absolute Gasteiger partial charge is 0.278 e. The lowest BCUT2D eigenvalue weighted by Crippen LogP contribution is -2.18. The summed E-state index contributed by atoms with van der Waals surface area (Å²) in [5.41, 5.74) is 13.9. The Morgan fingerprint density at radius 1 is 0.413 bits per heavy atom. The van der Waals surface area contributed by atoms with Gasteiger partial charge in [-0.15, -0.1) is 22.7 Å². The molecule has 3 aromatic heterocycles. The van der Waals surface area contributed by atoms with Gasteiger partial charge in [0.2, 0.25) is 5.95 Å². The SMILES string of the molecule is CC1(C)c2ccccc2-c2cc(N(c3nc(-c4ccc5sc6ccccc6c5c4)nc(-c4cccc5c4sc4ccccc45)n3)c3cccc4c3-c3ccccc3C4(C)C)ccc21. The predicted molar refractivity (Wildman–Crippen MR) is 266 cm³/mol. The molecule has 11 aromatic rings. The Kier molecular flexibility index (Phi) is 7.71. The minimum Gasteiger partial charge on any atom is -0.278 e. The summed E-state index contributed by atoms with van der Waals surface area (Å²) in [6.45, 7) is 9.36. The topological polar surface area (TPSA) is 41.9 Å². The molecule has 63 heavy (non-hydrogen) atoms. The highest BCUT2D eigenvalue weighted by Gasteiger charge is 2.39. The van der Waals surface area contributed by atoms with Crippen LogP contribution in [0.15, 0.2) is 170 Å². The van der Waals surface area contributed by atoms with Crippen molar-refractivity contribution in [2.45, 2.75) is 38.5 Å². The number of thiophene rings is 2. The van der Waals surface area contributed by atoms with E-state index in [1.165, 1.54) is 84.9 Å². The third-order valence-corrected chi connectivity index (χ3v) is 16.1. The molecular formula is C57H40N4S2. The molecule has 0 fully saturated rings. The van der Waals surface area contributed by atoms with Gasteiger partial charge >= 0.3 is 0 Å². The minimum atomic E-state index is -0.195. The summed E-state index contributed by atoms with van der Waals surface area (Å²) >= 11 is 3.62. The average molecular weight is 845 g/mol. The summed E-state index contributed by atoms with van der Waals surface area (Å²) in [6, 6.07) is 62.0. The predicted octanol–water partition coefficient (Wildman–Crippen LogP) is 16.0. The smallest absolute Gasteiger partial charge is 0.238 e. The highest BCUT2D eigenvalue weighted by atomic mass is 32.1. The molecular weight excluding hydrogens is 805 g/mol. The number of aromatic nitrogens is 3. The second-order valence-corrected chi connectivity index (χ2v) is 20.1. The molecule has 2 aliphatic rings. The number of fused-ring (bicyclic) bond motifs is 12. The fourth-order valence-electron chi connectivity index (χ4n) is 10.6. The first-order valence-electron chi connectivity index (χ1n) is 21.6. The Bertz CT molecular complexity index is 3720. The third kappa shape index (κ3) is 5.29. The van der Waals surface area contributed by atoms with E-state index < -0.39 is 0 Å². The van der Waals surface area contributed by atoms with Crippen LogP contribution in [0.5, 0.6) is 0 Å². The van der Waals surface area contributed by atoms with Crippen molar-refractivity contribution in [3.63, 3.8) is 0 Å². The molecule has 6 heteroatoms. The zero-order chi connectivity index (χ0) is 42.2. The summed E-state index contributed by atoms with van der Waals surface area (Å²) < 4.78 is 4.93. The van der Waals surface area contributed by atoms with Crippen molar-refractivity contribution < 1.29 is 0 Å². The van der Waals surface area contributed by atoms with Gasteiger partial charge in [0.25, 0.3) is 0 Å². The first kappa shape index (κ1) is 36.6. The fraction of sp³-hybridized carbons (Fsp3) is 0.105. The van der Waals surface area contributed by atoms with Crippen LogP contribution in [-0.4, -0.2) is 15.0 Å². The van der Waals surface area contributed by atoms with Crippen molar-refractivity contribution >= 4 is 80.3 Å². The average Bonchev–Trinajstić information content (AvgIpc) is 4.02. The van der Waals surface area contributed by atoms with E-state index in [2.05, 4.69) is 202 Å². The van der Waals surface area contributed by atoms with Gasteiger partial charge in [-0.2, -0.15) is 9.97 Å². The van der Waals surface area contributed by atoms with E-state index in [0.29, 0.717) is 17.6 Å². The van der Waals surface area contributed by atoms with Crippen LogP contribution in [0.2, 0.25) is 0 Å². The Morgan fingerprint density at radius 3 is 1.83 bits per heavy atom. The highest BCUT2D eigenvalue weighted by molar-refractivity contribution is 7.26. The molecule has 0 bridgehead atoms. The maximum Gasteiger partial charge on any atom is 0.238 e. The zero-order valence-electron chi connectivity index (χ0n) is 35.3. The molecule has 0 amide bonds. The quantitative estimate of drug-likeness (QED) is 0.173. The number of anilines is 3. The minimum absolute atomic E-state index is 0.132. The van der Waals surface area contributed by atoms with Gasteiger partial charge in [-0.3, -0.25) is 4.90 Å². The van der Waals surface area contributed by atoms with Gasteiger partial charge in [0.15, 0.2) is 11.6 Å². The van der Waals surface area contributed by atoms with Crippen LogP contribution >= 0.6 is 22.7 Å². The summed E-state index contributed by atoms with van der Waals surface area (Å²) in [5, 5.41) is 4.90. The third-order valence-electron chi connectivity index (χ3n) is 13.8. The van der Waals surface area contributed by atoms with Crippen molar-refractivity contribution in [3.05, 3.63) is 192 Å². The number of nitrogens with zero attached hydrogens (tertiary/aromatic N) is 4. The highest BCUT2D eigenvalue weighted by Crippen LogP contribution is 2.56. The first-order valence-corrected chi connectivity index (χ1v) is 23.2. The lowest BCUT2D eigenvalue weighted by molar-refractivity contribution is 0.660. The number of hydrogen-bond donors (Lipinski definition) is 0. The second kappa shape index (κ2) is 13.3. The fourth-order valence-corrected chi connectivity index (χ4v) is 12.9. The van der Waals surface area contributed by atoms with Crippen LogP contribution < -0.4 is 4.90 Å². The summed E-state index contributed by atoms with van der Waals surface area (Å²) in [5.74, 6) is 1.86. The van der Waals surface area contributed by atoms with Crippen molar-refractivity contribution in [1.29, 1.82) is 0 Å². The molecule has 4 nitrogen and oxygen atoms in total. The van der Waals surface area contributed by atoms with Crippen molar-refractivity contribution in [2.75, 3.05) is 4.90 Å². The molecule has 0 N–H and O–H groups in total. The van der Waals surface area contributed by atoms with E-state index >= 15 is 0 Å². The molecule has 0 unspecified atom stereocenters. The van der Waals surface area contributed by atoms with Crippen LogP contribution in [0.1, 0.15) is 49.9 Å². The normalized spacial score (nSPS) is 14.3. The molecule has 2 aliphatic carbocycles. The van der Waals surface area contributed by atoms with Crippen LogP contribution in [0.4, 0.5) is 17.3 Å². The van der Waals surface area contributed by atoms with Crippen molar-refractivity contribution in [2.24, 2.45) is 0 Å². The lowest BCUT2D eigenvalue weighted by atomic mass is 9.82. The number of rotatable bonds is 5. The molecule has 0 aliphatic heterocycles. The van der Waals surface area contributed by atoms with Crippen molar-refractivity contribution in [1.82, 2.24) is 15.0 Å². The number of benzene rings is 8. The maximum absolute atomic E-state index is 5.60. The lowest BCUT2D eigenvalue weighted by Gasteiger charge is -2.28. The van der Waals surface area contributed by atoms with Gasteiger partial charge in [0.1, 0.15) is 0 Å². The second-order valence-electron chi connectivity index (χ2n) is 18.0. The van der Waals surface area contributed by atoms with E-state index in [1.54, 1.807) is 11.3 Å². The number of hydrogen-bond acceptors (Lipinski definition) is 6. The molecule has 13 rings (SSSR count). The molecule has 300 valence electrons. The molecule has 0 spiro atoms. The van der Waals surface area contributed by atoms with Crippen LogP contribution in [-0.2, 0) is 10.8 Å². The molecule has 3 heterocycles. The Labute approximate surface area is 373 Å². The summed E-state index contributed by atoms with van der Waals surface area (Å²) in [6.07, 6.45) is 0. The summed E-state index contributed by atoms with van der Waals surface area (Å²) in [7, 11) is 0. The van der Waals surface area contributed by atoms with E-state index in [-0.39, 0.29) is 10.8 Å². The van der Waals surface area contributed by atoms with Crippen LogP contribution in [0.25, 0.3) is 85.4 Å². The Morgan fingerprint density at radius 2 is 1.00 bits per heavy atom. The van der Waals surface area contributed by atoms with Crippen molar-refractivity contribution in [3.8, 4) is 45.0 Å². The van der Waals surface area contributed by atoms with Crippen LogP contribution in [0, 0.1) is 0 Å². The standard InChI is InChI=1S/C57H40N4S2/c1-56(2)43-21-9-5-15-35(43)41-32-34(28-29-45(41)56)61(47-24-14-23-46-51(47)39-18-6-10-22-44(39)57(46,3)4)55-59-53(33-27-30-50-42(31-33)37-17-8-11-25-48(37)62-50)58-54(60-55)40-20-13-19-38-36-16-7-12-26-49(36)63-52(38)40/h5-32H,1-4H3. The zero-order valence-corrected chi connectivity index (χ0v) is 36.9. The molecule has 0 atom stereocenters. The van der Waals surface area contributed by atoms with Gasteiger partial charge in [-0.1, -0.05) is 143 Å². The van der Waals surface area contributed by atoms with Gasteiger partial charge < -0.3 is 0 Å². The Hall–Kier alpha value is -6.99. The monoisotopic (exact) mass is 844 g/mol. The first-order chi connectivity index (χ1) is 30.7. The molecule has 0 saturated carbocycles. The van der Waals surface area contributed by atoms with E-state index in [9.17, 15) is 0 Å². The summed E-state index contributed by atoms with van der Waals surface area (Å²) in [4.78, 5) is 18.9. The van der Waals surface area contributed by atoms with E-state index in [0.717, 1.165) is 22.5 Å². The maximum atomic E-state index is 5.60. The van der Waals surface area contributed by atoms with Crippen LogP contribution in [0.3, 0.4) is 0 Å². The Balaban J connectivity index is 1.12. The molecule has 0 saturated heterocycles. The van der Waals surface area contributed by atoms with E-state index in [1.807, 2.05) is 11.3 Å². The van der Waals surface area contributed by atoms with Gasteiger partial charge in [-0.05, 0) is 93.5 Å². The van der Waals surface area contributed by atoms with Gasteiger partial charge in [0.05, 0.1) is 5.69 Å². The van der Waals surface area contributed by atoms with Gasteiger partial charge in [-0.25, -0.2) is 4.98 Å².